The summed E-state index contributed by atoms with van der Waals surface area (Å²) in [5.74, 6) is -0.232. The molecule has 0 bridgehead atoms. The molecule has 0 saturated heterocycles. The normalized spacial score (nSPS) is 10.4. The molecule has 0 aromatic heterocycles. The largest absolute Gasteiger partial charge is 0.481 e. The maximum Gasteiger partial charge on any atom is 0.307 e. The van der Waals surface area contributed by atoms with E-state index in [2.05, 4.69) is 0 Å². The summed E-state index contributed by atoms with van der Waals surface area (Å²) in [4.78, 5) is 11.7. The van der Waals surface area contributed by atoms with E-state index in [1.165, 1.54) is 0 Å². The summed E-state index contributed by atoms with van der Waals surface area (Å²) in [5.41, 5.74) is 1.97. The van der Waals surface area contributed by atoms with Gasteiger partial charge in [0.2, 0.25) is 0 Å². The molecule has 0 aliphatic heterocycles. The van der Waals surface area contributed by atoms with Gasteiger partial charge in [-0.05, 0) is 23.3 Å². The zero-order chi connectivity index (χ0) is 14.2. The molecule has 0 aliphatic carbocycles. The van der Waals surface area contributed by atoms with E-state index in [9.17, 15) is 4.79 Å². The summed E-state index contributed by atoms with van der Waals surface area (Å²) in [6, 6.07) is 17.6. The Hall–Kier alpha value is -1.78. The maximum absolute atomic E-state index is 10.6. The van der Waals surface area contributed by atoms with Gasteiger partial charge in [-0.2, -0.15) is 0 Å². The lowest BCUT2D eigenvalue weighted by Gasteiger charge is -2.05. The van der Waals surface area contributed by atoms with Gasteiger partial charge in [0.1, 0.15) is 0 Å². The van der Waals surface area contributed by atoms with Crippen molar-refractivity contribution < 1.29 is 14.6 Å². The summed E-state index contributed by atoms with van der Waals surface area (Å²) in [5, 5.41) is 8.69. The number of carboxylic acids is 1. The number of carbonyl (C=O) groups is 1. The molecule has 0 aliphatic rings. The number of rotatable bonds is 7. The number of ether oxygens (including phenoxy) is 1. The van der Waals surface area contributed by atoms with Crippen LogP contribution in [0.5, 0.6) is 0 Å². The van der Waals surface area contributed by atoms with Gasteiger partial charge in [0.05, 0.1) is 19.0 Å². The third kappa shape index (κ3) is 5.07. The highest BCUT2D eigenvalue weighted by Gasteiger charge is 2.00. The number of hydrogen-bond donors (Lipinski definition) is 1. The van der Waals surface area contributed by atoms with Crippen molar-refractivity contribution in [2.24, 2.45) is 0 Å². The Morgan fingerprint density at radius 3 is 2.35 bits per heavy atom. The summed E-state index contributed by atoms with van der Waals surface area (Å²) in [6.07, 6.45) is 0.0649. The average molecular weight is 288 g/mol. The predicted octanol–water partition coefficient (Wildman–Crippen LogP) is 3.58. The third-order valence-electron chi connectivity index (χ3n) is 2.70. The first-order valence-corrected chi connectivity index (χ1v) is 7.28. The van der Waals surface area contributed by atoms with Crippen LogP contribution in [0.3, 0.4) is 0 Å². The fourth-order valence-corrected chi connectivity index (χ4v) is 2.35. The van der Waals surface area contributed by atoms with E-state index in [-0.39, 0.29) is 6.42 Å². The lowest BCUT2D eigenvalue weighted by molar-refractivity contribution is -0.136. The van der Waals surface area contributed by atoms with Gasteiger partial charge < -0.3 is 9.84 Å². The molecule has 20 heavy (non-hydrogen) atoms. The molecule has 0 fully saturated rings. The van der Waals surface area contributed by atoms with Crippen molar-refractivity contribution in [1.82, 2.24) is 0 Å². The standard InChI is InChI=1S/C16H16O3S/c17-16(18)10-13-6-8-15(9-7-13)20-12-19-11-14-4-2-1-3-5-14/h1-9H,10-12H2,(H,17,18). The molecule has 2 aromatic rings. The van der Waals surface area contributed by atoms with Crippen LogP contribution in [0, 0.1) is 0 Å². The number of benzene rings is 2. The second kappa shape index (κ2) is 7.72. The van der Waals surface area contributed by atoms with Gasteiger partial charge >= 0.3 is 5.97 Å². The van der Waals surface area contributed by atoms with E-state index < -0.39 is 5.97 Å². The first kappa shape index (κ1) is 14.6. The van der Waals surface area contributed by atoms with Crippen LogP contribution in [-0.4, -0.2) is 17.0 Å². The molecule has 0 amide bonds. The number of hydrogen-bond acceptors (Lipinski definition) is 3. The van der Waals surface area contributed by atoms with Crippen molar-refractivity contribution in [1.29, 1.82) is 0 Å². The first-order valence-electron chi connectivity index (χ1n) is 6.29. The quantitative estimate of drug-likeness (QED) is 0.480. The van der Waals surface area contributed by atoms with Crippen LogP contribution in [0.15, 0.2) is 59.5 Å². The topological polar surface area (TPSA) is 46.5 Å². The van der Waals surface area contributed by atoms with Gasteiger partial charge in [-0.3, -0.25) is 4.79 Å². The first-order chi connectivity index (χ1) is 9.74. The smallest absolute Gasteiger partial charge is 0.307 e. The SMILES string of the molecule is O=C(O)Cc1ccc(SCOCc2ccccc2)cc1. The molecule has 0 unspecified atom stereocenters. The van der Waals surface area contributed by atoms with Crippen molar-refractivity contribution in [3.63, 3.8) is 0 Å². The van der Waals surface area contributed by atoms with Gasteiger partial charge in [0, 0.05) is 4.90 Å². The van der Waals surface area contributed by atoms with E-state index in [1.54, 1.807) is 11.8 Å². The minimum Gasteiger partial charge on any atom is -0.481 e. The van der Waals surface area contributed by atoms with Crippen LogP contribution in [0.25, 0.3) is 0 Å². The van der Waals surface area contributed by atoms with Crippen LogP contribution in [0.1, 0.15) is 11.1 Å². The van der Waals surface area contributed by atoms with Gasteiger partial charge in [-0.15, -0.1) is 0 Å². The van der Waals surface area contributed by atoms with Crippen molar-refractivity contribution in [3.8, 4) is 0 Å². The van der Waals surface area contributed by atoms with E-state index in [0.717, 1.165) is 16.0 Å². The van der Waals surface area contributed by atoms with Crippen LogP contribution >= 0.6 is 11.8 Å². The van der Waals surface area contributed by atoms with E-state index >= 15 is 0 Å². The second-order valence-electron chi connectivity index (χ2n) is 4.31. The Bertz CT molecular complexity index is 537. The number of aliphatic carboxylic acids is 1. The molecule has 0 heterocycles. The molecule has 4 heteroatoms. The molecule has 0 spiro atoms. The molecule has 3 nitrogen and oxygen atoms in total. The zero-order valence-corrected chi connectivity index (χ0v) is 11.8. The highest BCUT2D eigenvalue weighted by Crippen LogP contribution is 2.19. The Morgan fingerprint density at radius 2 is 1.70 bits per heavy atom. The van der Waals surface area contributed by atoms with Crippen LogP contribution in [0.2, 0.25) is 0 Å². The lowest BCUT2D eigenvalue weighted by Crippen LogP contribution is -1.99. The van der Waals surface area contributed by atoms with Crippen LogP contribution in [-0.2, 0) is 22.6 Å². The Balaban J connectivity index is 1.73. The van der Waals surface area contributed by atoms with Gasteiger partial charge in [0.15, 0.2) is 0 Å². The monoisotopic (exact) mass is 288 g/mol. The predicted molar refractivity (Wildman–Crippen MR) is 79.7 cm³/mol. The summed E-state index contributed by atoms with van der Waals surface area (Å²) in [7, 11) is 0. The van der Waals surface area contributed by atoms with Gasteiger partial charge in [-0.25, -0.2) is 0 Å². The molecular formula is C16H16O3S. The minimum absolute atomic E-state index is 0.0649. The van der Waals surface area contributed by atoms with Crippen molar-refractivity contribution in [2.75, 3.05) is 5.94 Å². The molecule has 0 radical (unpaired) electrons. The van der Waals surface area contributed by atoms with Crippen LogP contribution < -0.4 is 0 Å². The number of carboxylic acid groups (broad SMARTS) is 1. The van der Waals surface area contributed by atoms with Crippen molar-refractivity contribution >= 4 is 17.7 Å². The van der Waals surface area contributed by atoms with E-state index in [1.807, 2.05) is 54.6 Å². The third-order valence-corrected chi connectivity index (χ3v) is 3.59. The number of thioether (sulfide) groups is 1. The van der Waals surface area contributed by atoms with Crippen molar-refractivity contribution in [2.45, 2.75) is 17.9 Å². The Morgan fingerprint density at radius 1 is 1.00 bits per heavy atom. The molecule has 104 valence electrons. The molecule has 2 aromatic carbocycles. The fraction of sp³-hybridized carbons (Fsp3) is 0.188. The summed E-state index contributed by atoms with van der Waals surface area (Å²) >= 11 is 1.60. The zero-order valence-electron chi connectivity index (χ0n) is 11.0. The van der Waals surface area contributed by atoms with E-state index in [4.69, 9.17) is 9.84 Å². The second-order valence-corrected chi connectivity index (χ2v) is 5.31. The van der Waals surface area contributed by atoms with Gasteiger partial charge in [-0.1, -0.05) is 54.2 Å². The van der Waals surface area contributed by atoms with E-state index in [0.29, 0.717) is 12.5 Å². The molecule has 0 atom stereocenters. The molecule has 2 rings (SSSR count). The molecule has 1 N–H and O–H groups in total. The van der Waals surface area contributed by atoms with Gasteiger partial charge in [0.25, 0.3) is 0 Å². The summed E-state index contributed by atoms with van der Waals surface area (Å²) in [6.45, 7) is 0.602. The fourth-order valence-electron chi connectivity index (χ4n) is 1.72. The lowest BCUT2D eigenvalue weighted by atomic mass is 10.2. The Labute approximate surface area is 122 Å². The minimum atomic E-state index is -0.809. The maximum atomic E-state index is 10.6. The highest BCUT2D eigenvalue weighted by molar-refractivity contribution is 7.99. The molecule has 0 saturated carbocycles. The van der Waals surface area contributed by atoms with Crippen molar-refractivity contribution in [3.05, 3.63) is 65.7 Å². The highest BCUT2D eigenvalue weighted by atomic mass is 32.2. The average Bonchev–Trinajstić information content (AvgIpc) is 2.46. The Kier molecular flexibility index (Phi) is 5.65. The molecular weight excluding hydrogens is 272 g/mol. The van der Waals surface area contributed by atoms with Crippen LogP contribution in [0.4, 0.5) is 0 Å². The summed E-state index contributed by atoms with van der Waals surface area (Å²) < 4.78 is 5.59.